The Kier molecular flexibility index (Phi) is 3.26. The second kappa shape index (κ2) is 5.07. The van der Waals surface area contributed by atoms with Crippen LogP contribution in [0.1, 0.15) is 29.8 Å². The van der Waals surface area contributed by atoms with E-state index in [1.165, 1.54) is 18.3 Å². The Morgan fingerprint density at radius 2 is 1.95 bits per heavy atom. The zero-order chi connectivity index (χ0) is 14.1. The van der Waals surface area contributed by atoms with E-state index in [4.69, 9.17) is 5.73 Å². The Hall–Kier alpha value is -2.17. The number of carbonyl (C=O) groups excluding carboxylic acids is 1. The molecule has 1 aromatic carbocycles. The third kappa shape index (κ3) is 2.09. The second-order valence-electron chi connectivity index (χ2n) is 5.07. The van der Waals surface area contributed by atoms with E-state index < -0.39 is 0 Å². The monoisotopic (exact) mass is 273 g/mol. The fourth-order valence-corrected chi connectivity index (χ4v) is 2.70. The second-order valence-corrected chi connectivity index (χ2v) is 5.07. The lowest BCUT2D eigenvalue weighted by molar-refractivity contribution is 0.0720. The molecule has 1 fully saturated rings. The lowest BCUT2D eigenvalue weighted by Gasteiger charge is -2.26. The van der Waals surface area contributed by atoms with E-state index in [0.29, 0.717) is 16.5 Å². The van der Waals surface area contributed by atoms with Crippen molar-refractivity contribution in [2.75, 3.05) is 18.8 Å². The number of likely N-dealkylation sites (tertiary alicyclic amines) is 1. The van der Waals surface area contributed by atoms with Crippen LogP contribution in [0.25, 0.3) is 10.8 Å². The minimum absolute atomic E-state index is 0.160. The van der Waals surface area contributed by atoms with E-state index >= 15 is 0 Å². The maximum absolute atomic E-state index is 13.8. The number of pyridine rings is 1. The van der Waals surface area contributed by atoms with Crippen molar-refractivity contribution in [1.29, 1.82) is 0 Å². The van der Waals surface area contributed by atoms with Crippen molar-refractivity contribution in [1.82, 2.24) is 9.88 Å². The minimum atomic E-state index is -0.385. The Balaban J connectivity index is 2.11. The fraction of sp³-hybridized carbons (Fsp3) is 0.333. The van der Waals surface area contributed by atoms with Crippen molar-refractivity contribution in [3.05, 3.63) is 35.9 Å². The van der Waals surface area contributed by atoms with Gasteiger partial charge in [-0.05, 0) is 37.5 Å². The summed E-state index contributed by atoms with van der Waals surface area (Å²) < 4.78 is 13.8. The number of nitrogens with zero attached hydrogens (tertiary/aromatic N) is 2. The van der Waals surface area contributed by atoms with Crippen LogP contribution in [0.5, 0.6) is 0 Å². The Morgan fingerprint density at radius 1 is 1.20 bits per heavy atom. The molecule has 0 unspecified atom stereocenters. The van der Waals surface area contributed by atoms with Gasteiger partial charge in [-0.3, -0.25) is 9.78 Å². The lowest BCUT2D eigenvalue weighted by atomic mass is 10.1. The zero-order valence-electron chi connectivity index (χ0n) is 11.1. The number of rotatable bonds is 1. The number of halogens is 1. The number of carbonyl (C=O) groups is 1. The van der Waals surface area contributed by atoms with Crippen LogP contribution in [0.2, 0.25) is 0 Å². The molecule has 2 heterocycles. The molecule has 3 rings (SSSR count). The van der Waals surface area contributed by atoms with E-state index in [0.717, 1.165) is 32.4 Å². The first-order valence-corrected chi connectivity index (χ1v) is 6.80. The summed E-state index contributed by atoms with van der Waals surface area (Å²) in [7, 11) is 0. The summed E-state index contributed by atoms with van der Waals surface area (Å²) in [6, 6.07) is 4.34. The van der Waals surface area contributed by atoms with Gasteiger partial charge >= 0.3 is 0 Å². The van der Waals surface area contributed by atoms with E-state index in [1.54, 1.807) is 11.0 Å². The van der Waals surface area contributed by atoms with Crippen molar-refractivity contribution in [3.63, 3.8) is 0 Å². The average molecular weight is 273 g/mol. The molecular weight excluding hydrogens is 257 g/mol. The van der Waals surface area contributed by atoms with Gasteiger partial charge in [-0.1, -0.05) is 0 Å². The van der Waals surface area contributed by atoms with Crippen LogP contribution >= 0.6 is 0 Å². The number of fused-ring (bicyclic) bond motifs is 1. The summed E-state index contributed by atoms with van der Waals surface area (Å²) in [5, 5.41) is 0.767. The van der Waals surface area contributed by atoms with Gasteiger partial charge in [-0.2, -0.15) is 0 Å². The molecule has 0 radical (unpaired) electrons. The van der Waals surface area contributed by atoms with Gasteiger partial charge in [0.05, 0.1) is 0 Å². The lowest BCUT2D eigenvalue weighted by Crippen LogP contribution is -2.36. The number of hydrogen-bond acceptors (Lipinski definition) is 3. The highest BCUT2D eigenvalue weighted by atomic mass is 19.1. The molecule has 0 spiro atoms. The molecule has 5 heteroatoms. The normalized spacial score (nSPS) is 15.6. The number of aromatic nitrogens is 1. The Labute approximate surface area is 116 Å². The van der Waals surface area contributed by atoms with Gasteiger partial charge in [-0.15, -0.1) is 0 Å². The van der Waals surface area contributed by atoms with Gasteiger partial charge in [0, 0.05) is 35.7 Å². The quantitative estimate of drug-likeness (QED) is 0.812. The van der Waals surface area contributed by atoms with E-state index in [-0.39, 0.29) is 17.4 Å². The van der Waals surface area contributed by atoms with Crippen molar-refractivity contribution >= 4 is 22.4 Å². The SMILES string of the molecule is Nc1ccc(F)c2ccnc(C(=O)N3CCCCC3)c12. The predicted octanol–water partition coefficient (Wildman–Crippen LogP) is 2.58. The third-order valence-electron chi connectivity index (χ3n) is 3.75. The molecular formula is C15H16FN3O. The summed E-state index contributed by atoms with van der Waals surface area (Å²) in [4.78, 5) is 18.5. The molecule has 4 nitrogen and oxygen atoms in total. The van der Waals surface area contributed by atoms with Crippen LogP contribution in [0.3, 0.4) is 0 Å². The van der Waals surface area contributed by atoms with E-state index in [9.17, 15) is 9.18 Å². The molecule has 2 N–H and O–H groups in total. The summed E-state index contributed by atoms with van der Waals surface area (Å²) in [6.45, 7) is 1.46. The maximum atomic E-state index is 13.8. The van der Waals surface area contributed by atoms with Crippen LogP contribution in [0.15, 0.2) is 24.4 Å². The summed E-state index contributed by atoms with van der Waals surface area (Å²) in [5.74, 6) is -0.545. The number of anilines is 1. The largest absolute Gasteiger partial charge is 0.398 e. The molecule has 0 atom stereocenters. The molecule has 0 saturated carbocycles. The highest BCUT2D eigenvalue weighted by molar-refractivity contribution is 6.09. The van der Waals surface area contributed by atoms with Crippen molar-refractivity contribution in [3.8, 4) is 0 Å². The minimum Gasteiger partial charge on any atom is -0.398 e. The average Bonchev–Trinajstić information content (AvgIpc) is 2.51. The van der Waals surface area contributed by atoms with Crippen LogP contribution in [-0.4, -0.2) is 28.9 Å². The topological polar surface area (TPSA) is 59.2 Å². The molecule has 2 aromatic rings. The smallest absolute Gasteiger partial charge is 0.273 e. The number of benzene rings is 1. The van der Waals surface area contributed by atoms with E-state index in [1.807, 2.05) is 0 Å². The standard InChI is InChI=1S/C15H16FN3O/c16-11-4-5-12(17)13-10(11)6-7-18-14(13)15(20)19-8-2-1-3-9-19/h4-7H,1-3,8-9,17H2. The van der Waals surface area contributed by atoms with Crippen LogP contribution in [0.4, 0.5) is 10.1 Å². The Bertz CT molecular complexity index is 665. The Morgan fingerprint density at radius 3 is 2.70 bits per heavy atom. The molecule has 20 heavy (non-hydrogen) atoms. The van der Waals surface area contributed by atoms with Crippen LogP contribution < -0.4 is 5.73 Å². The van der Waals surface area contributed by atoms with Crippen LogP contribution in [-0.2, 0) is 0 Å². The zero-order valence-corrected chi connectivity index (χ0v) is 11.1. The molecule has 1 aromatic heterocycles. The summed E-state index contributed by atoms with van der Waals surface area (Å²) in [5.41, 5.74) is 6.55. The number of amides is 1. The molecule has 0 aliphatic carbocycles. The fourth-order valence-electron chi connectivity index (χ4n) is 2.70. The van der Waals surface area contributed by atoms with Gasteiger partial charge in [0.25, 0.3) is 5.91 Å². The van der Waals surface area contributed by atoms with Crippen molar-refractivity contribution in [2.24, 2.45) is 0 Å². The number of hydrogen-bond donors (Lipinski definition) is 1. The molecule has 0 bridgehead atoms. The summed E-state index contributed by atoms with van der Waals surface area (Å²) in [6.07, 6.45) is 4.60. The first kappa shape index (κ1) is 12.8. The molecule has 1 amide bonds. The van der Waals surface area contributed by atoms with Crippen LogP contribution in [0, 0.1) is 5.82 Å². The number of nitrogens with two attached hydrogens (primary N) is 1. The van der Waals surface area contributed by atoms with E-state index in [2.05, 4.69) is 4.98 Å². The molecule has 104 valence electrons. The van der Waals surface area contributed by atoms with Crippen molar-refractivity contribution < 1.29 is 9.18 Å². The first-order chi connectivity index (χ1) is 9.68. The molecule has 1 aliphatic heterocycles. The van der Waals surface area contributed by atoms with Gasteiger partial charge < -0.3 is 10.6 Å². The number of nitrogen functional groups attached to an aromatic ring is 1. The van der Waals surface area contributed by atoms with Crippen molar-refractivity contribution in [2.45, 2.75) is 19.3 Å². The van der Waals surface area contributed by atoms with Gasteiger partial charge in [-0.25, -0.2) is 4.39 Å². The third-order valence-corrected chi connectivity index (χ3v) is 3.75. The maximum Gasteiger partial charge on any atom is 0.273 e. The van der Waals surface area contributed by atoms with Gasteiger partial charge in [0.15, 0.2) is 0 Å². The predicted molar refractivity (Wildman–Crippen MR) is 75.9 cm³/mol. The summed E-state index contributed by atoms with van der Waals surface area (Å²) >= 11 is 0. The number of piperidine rings is 1. The highest BCUT2D eigenvalue weighted by Crippen LogP contribution is 2.27. The highest BCUT2D eigenvalue weighted by Gasteiger charge is 2.22. The van der Waals surface area contributed by atoms with Gasteiger partial charge in [0.2, 0.25) is 0 Å². The molecule has 1 saturated heterocycles. The van der Waals surface area contributed by atoms with Gasteiger partial charge in [0.1, 0.15) is 11.5 Å². The molecule has 1 aliphatic rings. The first-order valence-electron chi connectivity index (χ1n) is 6.80.